The lowest BCUT2D eigenvalue weighted by molar-refractivity contribution is -0.0389. The first kappa shape index (κ1) is 16.1. The number of rotatable bonds is 2. The Balaban J connectivity index is -0.000000245. The smallest absolute Gasteiger partial charge is 0.407 e. The van der Waals surface area contributed by atoms with E-state index >= 15 is 0 Å². The summed E-state index contributed by atoms with van der Waals surface area (Å²) in [4.78, 5) is 9.88. The number of aliphatic hydroxyl groups excluding tert-OH is 2. The highest BCUT2D eigenvalue weighted by atomic mass is 16.8. The Bertz CT molecular complexity index is 64.4. The molecule has 0 rings (SSSR count). The summed E-state index contributed by atoms with van der Waals surface area (Å²) in [6, 6.07) is 0. The Morgan fingerprint density at radius 2 is 1.40 bits per heavy atom. The van der Waals surface area contributed by atoms with Gasteiger partial charge >= 0.3 is 6.16 Å². The van der Waals surface area contributed by atoms with Gasteiger partial charge in [-0.05, 0) is 0 Å². The lowest BCUT2D eigenvalue weighted by Gasteiger charge is -1.97. The van der Waals surface area contributed by atoms with Crippen LogP contribution in [0.15, 0.2) is 0 Å². The van der Waals surface area contributed by atoms with Gasteiger partial charge in [0.1, 0.15) is 0 Å². The first-order valence-corrected chi connectivity index (χ1v) is 1.82. The van der Waals surface area contributed by atoms with E-state index in [1.54, 1.807) is 0 Å². The van der Waals surface area contributed by atoms with Crippen molar-refractivity contribution in [3.8, 4) is 0 Å². The molecule has 0 aromatic rings. The average molecular weight is 154 g/mol. The van der Waals surface area contributed by atoms with Gasteiger partial charge < -0.3 is 19.7 Å². The van der Waals surface area contributed by atoms with E-state index < -0.39 is 19.7 Å². The van der Waals surface area contributed by atoms with Crippen molar-refractivity contribution in [2.75, 3.05) is 13.6 Å². The summed E-state index contributed by atoms with van der Waals surface area (Å²) in [6.07, 6.45) is -1.09. The molecule has 0 heterocycles. The summed E-state index contributed by atoms with van der Waals surface area (Å²) in [5.41, 5.74) is 0. The van der Waals surface area contributed by atoms with Crippen LogP contribution in [0, 0.1) is 0 Å². The van der Waals surface area contributed by atoms with Crippen LogP contribution in [0.4, 0.5) is 4.79 Å². The van der Waals surface area contributed by atoms with Gasteiger partial charge in [-0.15, -0.1) is 0 Å². The molecule has 0 saturated carbocycles. The van der Waals surface area contributed by atoms with Crippen molar-refractivity contribution in [3.63, 3.8) is 0 Å². The van der Waals surface area contributed by atoms with E-state index in [1.165, 1.54) is 0 Å². The first-order chi connectivity index (χ1) is 3.81. The third kappa shape index (κ3) is 10.2. The van der Waals surface area contributed by atoms with Crippen LogP contribution in [-0.2, 0) is 9.47 Å². The van der Waals surface area contributed by atoms with E-state index in [2.05, 4.69) is 9.47 Å². The van der Waals surface area contributed by atoms with E-state index in [0.29, 0.717) is 0 Å². The third-order valence-corrected chi connectivity index (χ3v) is 0.365. The molecule has 0 radical (unpaired) electrons. The van der Waals surface area contributed by atoms with Crippen LogP contribution in [0.25, 0.3) is 0 Å². The minimum absolute atomic E-state index is 0. The second-order valence-corrected chi connectivity index (χ2v) is 0.797. The Morgan fingerprint density at radius 3 is 1.60 bits per heavy atom. The topological polar surface area (TPSA) is 76.0 Å². The van der Waals surface area contributed by atoms with Crippen molar-refractivity contribution in [1.82, 2.24) is 0 Å². The molecule has 0 bridgehead atoms. The van der Waals surface area contributed by atoms with Gasteiger partial charge in [0.25, 0.3) is 0 Å². The number of ether oxygens (including phenoxy) is 2. The molecule has 0 amide bonds. The molecule has 0 aliphatic rings. The summed E-state index contributed by atoms with van der Waals surface area (Å²) in [7, 11) is 0. The van der Waals surface area contributed by atoms with Crippen molar-refractivity contribution < 1.29 is 24.5 Å². The van der Waals surface area contributed by atoms with Crippen LogP contribution in [0.3, 0.4) is 0 Å². The Labute approximate surface area is 60.2 Å². The fraction of sp³-hybridized carbons (Fsp3) is 0.800. The SMILES string of the molecule is C.C.O=C(OCO)OCO. The fourth-order valence-corrected chi connectivity index (χ4v) is 0.147. The van der Waals surface area contributed by atoms with Crippen molar-refractivity contribution >= 4 is 6.16 Å². The lowest BCUT2D eigenvalue weighted by Crippen LogP contribution is -2.08. The maximum Gasteiger partial charge on any atom is 0.512 e. The van der Waals surface area contributed by atoms with E-state index in [1.807, 2.05) is 0 Å². The number of hydrogen-bond acceptors (Lipinski definition) is 5. The second-order valence-electron chi connectivity index (χ2n) is 0.797. The predicted octanol–water partition coefficient (Wildman–Crippen LogP) is 0.311. The molecular formula is C5H14O5. The molecule has 2 N–H and O–H groups in total. The molecule has 64 valence electrons. The van der Waals surface area contributed by atoms with Gasteiger partial charge in [-0.1, -0.05) is 14.9 Å². The molecule has 0 aliphatic heterocycles. The Hall–Kier alpha value is -0.810. The predicted molar refractivity (Wildman–Crippen MR) is 35.2 cm³/mol. The third-order valence-electron chi connectivity index (χ3n) is 0.365. The maximum absolute atomic E-state index is 9.88. The highest BCUT2D eigenvalue weighted by molar-refractivity contribution is 5.59. The molecule has 0 atom stereocenters. The molecule has 0 unspecified atom stereocenters. The monoisotopic (exact) mass is 154 g/mol. The van der Waals surface area contributed by atoms with Gasteiger partial charge in [0.15, 0.2) is 13.6 Å². The van der Waals surface area contributed by atoms with Crippen LogP contribution in [0.5, 0.6) is 0 Å². The summed E-state index contributed by atoms with van der Waals surface area (Å²) in [5, 5.41) is 15.7. The van der Waals surface area contributed by atoms with Crippen LogP contribution < -0.4 is 0 Å². The molecular weight excluding hydrogens is 140 g/mol. The van der Waals surface area contributed by atoms with Crippen molar-refractivity contribution in [2.45, 2.75) is 14.9 Å². The number of carbonyl (C=O) groups excluding carboxylic acids is 1. The molecule has 10 heavy (non-hydrogen) atoms. The standard InChI is InChI=1S/C3H6O5.2CH4/c4-1-7-3(6)8-2-5;;/h4-5H,1-2H2;2*1H4. The fourth-order valence-electron chi connectivity index (χ4n) is 0.147. The lowest BCUT2D eigenvalue weighted by atomic mass is 11.2. The zero-order valence-corrected chi connectivity index (χ0v) is 4.03. The van der Waals surface area contributed by atoms with E-state index in [0.717, 1.165) is 0 Å². The van der Waals surface area contributed by atoms with Crippen LogP contribution in [0.2, 0.25) is 0 Å². The van der Waals surface area contributed by atoms with E-state index in [-0.39, 0.29) is 14.9 Å². The minimum Gasteiger partial charge on any atom is -0.407 e. The van der Waals surface area contributed by atoms with Gasteiger partial charge in [-0.25, -0.2) is 4.79 Å². The van der Waals surface area contributed by atoms with Crippen molar-refractivity contribution in [1.29, 1.82) is 0 Å². The molecule has 0 saturated heterocycles. The maximum atomic E-state index is 9.88. The van der Waals surface area contributed by atoms with Crippen LogP contribution >= 0.6 is 0 Å². The minimum atomic E-state index is -1.09. The number of aliphatic hydroxyl groups is 2. The van der Waals surface area contributed by atoms with Crippen LogP contribution in [0.1, 0.15) is 14.9 Å². The summed E-state index contributed by atoms with van der Waals surface area (Å²) in [5.74, 6) is 0. The highest BCUT2D eigenvalue weighted by Crippen LogP contribution is 1.79. The number of hydrogen-bond donors (Lipinski definition) is 2. The van der Waals surface area contributed by atoms with Gasteiger partial charge in [0, 0.05) is 0 Å². The largest absolute Gasteiger partial charge is 0.512 e. The number of carbonyl (C=O) groups is 1. The Morgan fingerprint density at radius 1 is 1.10 bits per heavy atom. The zero-order chi connectivity index (χ0) is 6.41. The van der Waals surface area contributed by atoms with Gasteiger partial charge in [-0.2, -0.15) is 0 Å². The molecule has 0 aromatic heterocycles. The van der Waals surface area contributed by atoms with Gasteiger partial charge in [0.05, 0.1) is 0 Å². The normalized spacial score (nSPS) is 6.60. The molecule has 0 aliphatic carbocycles. The van der Waals surface area contributed by atoms with Crippen molar-refractivity contribution in [3.05, 3.63) is 0 Å². The molecule has 5 nitrogen and oxygen atoms in total. The van der Waals surface area contributed by atoms with E-state index in [4.69, 9.17) is 10.2 Å². The second kappa shape index (κ2) is 11.0. The molecule has 0 spiro atoms. The van der Waals surface area contributed by atoms with Gasteiger partial charge in [-0.3, -0.25) is 0 Å². The summed E-state index contributed by atoms with van der Waals surface area (Å²) in [6.45, 7) is -1.47. The first-order valence-electron chi connectivity index (χ1n) is 1.82. The Kier molecular flexibility index (Phi) is 17.8. The molecule has 0 aromatic carbocycles. The zero-order valence-electron chi connectivity index (χ0n) is 4.03. The summed E-state index contributed by atoms with van der Waals surface area (Å²) < 4.78 is 7.63. The average Bonchev–Trinajstić information content (AvgIpc) is 1.68. The molecule has 0 fully saturated rings. The quantitative estimate of drug-likeness (QED) is 0.442. The summed E-state index contributed by atoms with van der Waals surface area (Å²) >= 11 is 0. The van der Waals surface area contributed by atoms with Gasteiger partial charge in [0.2, 0.25) is 0 Å². The van der Waals surface area contributed by atoms with Crippen molar-refractivity contribution in [2.24, 2.45) is 0 Å². The van der Waals surface area contributed by atoms with E-state index in [9.17, 15) is 4.79 Å². The molecule has 5 heteroatoms. The highest BCUT2D eigenvalue weighted by Gasteiger charge is 1.97. The van der Waals surface area contributed by atoms with Crippen LogP contribution in [-0.4, -0.2) is 30.0 Å².